The van der Waals surface area contributed by atoms with E-state index >= 15 is 0 Å². The minimum absolute atomic E-state index is 0.390. The van der Waals surface area contributed by atoms with Crippen LogP contribution in [-0.4, -0.2) is 29.9 Å². The average molecular weight is 400 g/mol. The minimum atomic E-state index is 0.390. The summed E-state index contributed by atoms with van der Waals surface area (Å²) in [5, 5.41) is 16.2. The molecule has 0 saturated heterocycles. The number of hydrogen-bond donors (Lipinski definition) is 1. The zero-order valence-corrected chi connectivity index (χ0v) is 17.5. The Bertz CT molecular complexity index is 1210. The van der Waals surface area contributed by atoms with Crippen molar-refractivity contribution >= 4 is 22.7 Å². The van der Waals surface area contributed by atoms with Gasteiger partial charge < -0.3 is 5.32 Å². The molecule has 4 aromatic rings. The molecule has 0 bridgehead atoms. The van der Waals surface area contributed by atoms with E-state index in [1.807, 2.05) is 36.1 Å². The van der Waals surface area contributed by atoms with Crippen LogP contribution < -0.4 is 5.32 Å². The lowest BCUT2D eigenvalue weighted by molar-refractivity contribution is 0.716. The Morgan fingerprint density at radius 3 is 2.77 bits per heavy atom. The van der Waals surface area contributed by atoms with Crippen molar-refractivity contribution in [2.24, 2.45) is 13.0 Å². The number of rotatable bonds is 6. The van der Waals surface area contributed by atoms with Crippen LogP contribution >= 0.6 is 0 Å². The van der Waals surface area contributed by atoms with E-state index in [1.165, 1.54) is 12.8 Å². The van der Waals surface area contributed by atoms with Crippen LogP contribution in [0.1, 0.15) is 43.9 Å². The molecule has 5 rings (SSSR count). The number of aromatic nitrogens is 6. The van der Waals surface area contributed by atoms with E-state index in [2.05, 4.69) is 51.7 Å². The van der Waals surface area contributed by atoms with Gasteiger partial charge in [-0.2, -0.15) is 10.2 Å². The van der Waals surface area contributed by atoms with Gasteiger partial charge in [-0.15, -0.1) is 5.10 Å². The first-order chi connectivity index (χ1) is 14.5. The monoisotopic (exact) mass is 399 g/mol. The quantitative estimate of drug-likeness (QED) is 0.509. The van der Waals surface area contributed by atoms with E-state index < -0.39 is 0 Å². The lowest BCUT2D eigenvalue weighted by Gasteiger charge is -2.09. The lowest BCUT2D eigenvalue weighted by Crippen LogP contribution is -2.00. The molecule has 1 aliphatic carbocycles. The summed E-state index contributed by atoms with van der Waals surface area (Å²) in [6.07, 6.45) is 9.45. The van der Waals surface area contributed by atoms with Crippen molar-refractivity contribution in [3.63, 3.8) is 0 Å². The molecule has 0 unspecified atom stereocenters. The van der Waals surface area contributed by atoms with E-state index in [4.69, 9.17) is 4.98 Å². The predicted octanol–water partition coefficient (Wildman–Crippen LogP) is 4.64. The summed E-state index contributed by atoms with van der Waals surface area (Å²) < 4.78 is 1.89. The molecule has 0 radical (unpaired) electrons. The molecule has 7 nitrogen and oxygen atoms in total. The highest BCUT2D eigenvalue weighted by Crippen LogP contribution is 2.35. The van der Waals surface area contributed by atoms with E-state index in [-0.39, 0.29) is 0 Å². The molecule has 7 heteroatoms. The maximum absolute atomic E-state index is 4.77. The van der Waals surface area contributed by atoms with Crippen molar-refractivity contribution < 1.29 is 0 Å². The van der Waals surface area contributed by atoms with Gasteiger partial charge in [-0.1, -0.05) is 13.8 Å². The molecule has 0 aromatic carbocycles. The number of nitrogens with zero attached hydrogens (tertiary/aromatic N) is 6. The number of hydrogen-bond acceptors (Lipinski definition) is 6. The smallest absolute Gasteiger partial charge is 0.154 e. The molecule has 1 fully saturated rings. The summed E-state index contributed by atoms with van der Waals surface area (Å²) in [5.41, 5.74) is 6.19. The highest BCUT2D eigenvalue weighted by molar-refractivity contribution is 5.82. The predicted molar refractivity (Wildman–Crippen MR) is 118 cm³/mol. The molecule has 0 spiro atoms. The second kappa shape index (κ2) is 7.48. The fraction of sp³-hybridized carbons (Fsp3) is 0.348. The number of pyridine rings is 2. The largest absolute Gasteiger partial charge is 0.323 e. The van der Waals surface area contributed by atoms with Gasteiger partial charge in [-0.25, -0.2) is 4.98 Å². The topological polar surface area (TPSA) is 81.4 Å². The van der Waals surface area contributed by atoms with Crippen LogP contribution in [0.25, 0.3) is 22.2 Å². The Kier molecular flexibility index (Phi) is 4.65. The van der Waals surface area contributed by atoms with Crippen molar-refractivity contribution in [1.82, 2.24) is 29.9 Å². The molecule has 0 aliphatic heterocycles. The lowest BCUT2D eigenvalue weighted by atomic mass is 10.0. The summed E-state index contributed by atoms with van der Waals surface area (Å²) in [6.45, 7) is 4.27. The second-order valence-corrected chi connectivity index (χ2v) is 8.42. The van der Waals surface area contributed by atoms with Crippen LogP contribution in [0.2, 0.25) is 0 Å². The van der Waals surface area contributed by atoms with Gasteiger partial charge in [0.25, 0.3) is 0 Å². The molecule has 0 atom stereocenters. The van der Waals surface area contributed by atoms with E-state index in [0.29, 0.717) is 11.7 Å². The second-order valence-electron chi connectivity index (χ2n) is 8.42. The summed E-state index contributed by atoms with van der Waals surface area (Å²) in [6, 6.07) is 8.00. The number of nitrogens with one attached hydrogen (secondary N) is 1. The number of fused-ring (bicyclic) bond motifs is 1. The Balaban J connectivity index is 1.47. The van der Waals surface area contributed by atoms with Crippen LogP contribution in [0.4, 0.5) is 11.6 Å². The van der Waals surface area contributed by atoms with E-state index in [9.17, 15) is 0 Å². The molecular weight excluding hydrogens is 374 g/mol. The van der Waals surface area contributed by atoms with Crippen LogP contribution in [0.3, 0.4) is 0 Å². The van der Waals surface area contributed by atoms with Gasteiger partial charge in [0.2, 0.25) is 0 Å². The fourth-order valence-corrected chi connectivity index (χ4v) is 3.64. The molecular formula is C23H25N7. The molecule has 1 saturated carbocycles. The van der Waals surface area contributed by atoms with Crippen LogP contribution in [0, 0.1) is 5.92 Å². The highest BCUT2D eigenvalue weighted by Gasteiger charge is 2.24. The van der Waals surface area contributed by atoms with Gasteiger partial charge in [0.05, 0.1) is 22.9 Å². The Morgan fingerprint density at radius 1 is 1.10 bits per heavy atom. The number of aryl methyl sites for hydroxylation is 1. The first-order valence-electron chi connectivity index (χ1n) is 10.4. The van der Waals surface area contributed by atoms with E-state index in [1.54, 1.807) is 6.20 Å². The third kappa shape index (κ3) is 3.87. The fourth-order valence-electron chi connectivity index (χ4n) is 3.64. The van der Waals surface area contributed by atoms with Gasteiger partial charge in [0.15, 0.2) is 5.82 Å². The SMILES string of the molecule is CC(C)c1cnnc(Nc2ccc3ncc(-c4cn(C)nc4CC4CC4)cc3n2)c1. The highest BCUT2D eigenvalue weighted by atomic mass is 15.3. The van der Waals surface area contributed by atoms with Crippen molar-refractivity contribution in [3.8, 4) is 11.1 Å². The Morgan fingerprint density at radius 2 is 1.97 bits per heavy atom. The van der Waals surface area contributed by atoms with Crippen molar-refractivity contribution in [3.05, 3.63) is 54.1 Å². The zero-order chi connectivity index (χ0) is 20.7. The molecule has 152 valence electrons. The van der Waals surface area contributed by atoms with Gasteiger partial charge >= 0.3 is 0 Å². The summed E-state index contributed by atoms with van der Waals surface area (Å²) >= 11 is 0. The maximum Gasteiger partial charge on any atom is 0.154 e. The average Bonchev–Trinajstić information content (AvgIpc) is 3.48. The Labute approximate surface area is 175 Å². The van der Waals surface area contributed by atoms with Gasteiger partial charge in [-0.3, -0.25) is 9.67 Å². The molecule has 1 N–H and O–H groups in total. The first-order valence-corrected chi connectivity index (χ1v) is 10.4. The first kappa shape index (κ1) is 18.7. The van der Waals surface area contributed by atoms with Crippen LogP contribution in [0.5, 0.6) is 0 Å². The third-order valence-corrected chi connectivity index (χ3v) is 5.53. The third-order valence-electron chi connectivity index (χ3n) is 5.53. The van der Waals surface area contributed by atoms with Crippen molar-refractivity contribution in [1.29, 1.82) is 0 Å². The van der Waals surface area contributed by atoms with Crippen LogP contribution in [-0.2, 0) is 13.5 Å². The molecule has 1 aliphatic rings. The summed E-state index contributed by atoms with van der Waals surface area (Å²) in [5.74, 6) is 2.59. The standard InChI is InChI=1S/C23H25N7/c1-14(2)16-10-23(28-25-12-16)27-22-7-6-19-21(26-22)9-17(11-24-19)18-13-30(3)29-20(18)8-15-4-5-15/h6-7,9-15H,4-5,8H2,1-3H3,(H,26,27,28). The zero-order valence-electron chi connectivity index (χ0n) is 17.5. The minimum Gasteiger partial charge on any atom is -0.323 e. The maximum atomic E-state index is 4.77. The number of anilines is 2. The van der Waals surface area contributed by atoms with Crippen molar-refractivity contribution in [2.75, 3.05) is 5.32 Å². The van der Waals surface area contributed by atoms with Gasteiger partial charge in [0, 0.05) is 30.6 Å². The van der Waals surface area contributed by atoms with Gasteiger partial charge in [0.1, 0.15) is 5.82 Å². The Hall–Kier alpha value is -3.35. The molecule has 4 aromatic heterocycles. The van der Waals surface area contributed by atoms with E-state index in [0.717, 1.165) is 51.6 Å². The van der Waals surface area contributed by atoms with Gasteiger partial charge in [-0.05, 0) is 60.9 Å². The van der Waals surface area contributed by atoms with Crippen LogP contribution in [0.15, 0.2) is 42.9 Å². The molecule has 30 heavy (non-hydrogen) atoms. The summed E-state index contributed by atoms with van der Waals surface area (Å²) in [7, 11) is 1.97. The molecule has 0 amide bonds. The summed E-state index contributed by atoms with van der Waals surface area (Å²) in [4.78, 5) is 9.41. The molecule has 4 heterocycles. The normalized spacial score (nSPS) is 13.9. The van der Waals surface area contributed by atoms with Crippen molar-refractivity contribution in [2.45, 2.75) is 39.0 Å².